The fourth-order valence-corrected chi connectivity index (χ4v) is 2.99. The topological polar surface area (TPSA) is 24.9 Å². The van der Waals surface area contributed by atoms with Gasteiger partial charge in [0.05, 0.1) is 10.7 Å². The van der Waals surface area contributed by atoms with Crippen LogP contribution in [-0.2, 0) is 6.42 Å². The summed E-state index contributed by atoms with van der Waals surface area (Å²) in [7, 11) is 1.98. The van der Waals surface area contributed by atoms with Crippen molar-refractivity contribution in [2.75, 3.05) is 7.05 Å². The van der Waals surface area contributed by atoms with Gasteiger partial charge in [-0.05, 0) is 38.6 Å². The zero-order valence-corrected chi connectivity index (χ0v) is 12.4. The van der Waals surface area contributed by atoms with Gasteiger partial charge in [-0.15, -0.1) is 11.3 Å². The van der Waals surface area contributed by atoms with E-state index in [9.17, 15) is 0 Å². The van der Waals surface area contributed by atoms with E-state index in [0.29, 0.717) is 0 Å². The lowest BCUT2D eigenvalue weighted by atomic mass is 10.0. The highest BCUT2D eigenvalue weighted by Crippen LogP contribution is 2.24. The van der Waals surface area contributed by atoms with Gasteiger partial charge in [0, 0.05) is 22.4 Å². The first-order chi connectivity index (χ1) is 8.60. The Bertz CT molecular complexity index is 500. The molecule has 0 bridgehead atoms. The Kier molecular flexibility index (Phi) is 4.38. The first kappa shape index (κ1) is 13.5. The second-order valence-corrected chi connectivity index (χ2v) is 6.07. The molecule has 4 heteroatoms. The van der Waals surface area contributed by atoms with E-state index in [-0.39, 0.29) is 6.04 Å². The third-order valence-electron chi connectivity index (χ3n) is 3.07. The van der Waals surface area contributed by atoms with Crippen molar-refractivity contribution in [3.63, 3.8) is 0 Å². The lowest BCUT2D eigenvalue weighted by Crippen LogP contribution is -2.18. The number of halogens is 1. The van der Waals surface area contributed by atoms with Crippen LogP contribution in [0.1, 0.15) is 27.2 Å². The number of aromatic nitrogens is 1. The first-order valence-electron chi connectivity index (χ1n) is 5.95. The van der Waals surface area contributed by atoms with E-state index in [2.05, 4.69) is 36.3 Å². The van der Waals surface area contributed by atoms with Gasteiger partial charge in [0.25, 0.3) is 0 Å². The first-order valence-corrected chi connectivity index (χ1v) is 7.15. The lowest BCUT2D eigenvalue weighted by molar-refractivity contribution is 0.590. The molecule has 0 aliphatic rings. The number of likely N-dealkylation sites (N-methyl/N-ethyl adjacent to an activating group) is 1. The standard InChI is InChI=1S/C14H17ClN2S/c1-9-10(2)18-14(17-9)8-13(16-3)11-4-6-12(15)7-5-11/h4-7,13,16H,8H2,1-3H3. The van der Waals surface area contributed by atoms with Crippen molar-refractivity contribution in [2.24, 2.45) is 0 Å². The minimum Gasteiger partial charge on any atom is -0.313 e. The van der Waals surface area contributed by atoms with Crippen LogP contribution in [0.15, 0.2) is 24.3 Å². The molecule has 0 saturated heterocycles. The Balaban J connectivity index is 2.16. The van der Waals surface area contributed by atoms with Gasteiger partial charge in [0.2, 0.25) is 0 Å². The smallest absolute Gasteiger partial charge is 0.0949 e. The second kappa shape index (κ2) is 5.83. The molecule has 0 saturated carbocycles. The maximum atomic E-state index is 5.91. The van der Waals surface area contributed by atoms with Crippen molar-refractivity contribution in [3.8, 4) is 0 Å². The van der Waals surface area contributed by atoms with Crippen LogP contribution in [0.5, 0.6) is 0 Å². The molecule has 0 radical (unpaired) electrons. The van der Waals surface area contributed by atoms with Gasteiger partial charge in [0.15, 0.2) is 0 Å². The summed E-state index contributed by atoms with van der Waals surface area (Å²) in [5.41, 5.74) is 2.38. The lowest BCUT2D eigenvalue weighted by Gasteiger charge is -2.15. The van der Waals surface area contributed by atoms with E-state index in [4.69, 9.17) is 11.6 Å². The zero-order valence-electron chi connectivity index (χ0n) is 10.8. The third-order valence-corrected chi connectivity index (χ3v) is 4.42. The van der Waals surface area contributed by atoms with Crippen molar-refractivity contribution in [2.45, 2.75) is 26.3 Å². The number of thiazole rings is 1. The number of hydrogen-bond acceptors (Lipinski definition) is 3. The minimum absolute atomic E-state index is 0.284. The van der Waals surface area contributed by atoms with E-state index in [0.717, 1.165) is 17.1 Å². The molecule has 0 aliphatic carbocycles. The van der Waals surface area contributed by atoms with Crippen LogP contribution in [-0.4, -0.2) is 12.0 Å². The predicted octanol–water partition coefficient (Wildman–Crippen LogP) is 3.92. The maximum Gasteiger partial charge on any atom is 0.0949 e. The molecule has 96 valence electrons. The Morgan fingerprint density at radius 2 is 1.94 bits per heavy atom. The van der Waals surface area contributed by atoms with Gasteiger partial charge in [-0.3, -0.25) is 0 Å². The summed E-state index contributed by atoms with van der Waals surface area (Å²) in [5.74, 6) is 0. The van der Waals surface area contributed by atoms with Crippen molar-refractivity contribution in [1.29, 1.82) is 0 Å². The van der Waals surface area contributed by atoms with E-state index in [1.807, 2.05) is 19.2 Å². The Morgan fingerprint density at radius 1 is 1.28 bits per heavy atom. The second-order valence-electron chi connectivity index (χ2n) is 4.35. The van der Waals surface area contributed by atoms with E-state index in [1.165, 1.54) is 15.4 Å². The predicted molar refractivity (Wildman–Crippen MR) is 78.5 cm³/mol. The van der Waals surface area contributed by atoms with Crippen molar-refractivity contribution in [1.82, 2.24) is 10.3 Å². The molecular formula is C14H17ClN2S. The molecule has 2 nitrogen and oxygen atoms in total. The van der Waals surface area contributed by atoms with Gasteiger partial charge in [-0.2, -0.15) is 0 Å². The fourth-order valence-electron chi connectivity index (χ4n) is 1.88. The molecule has 0 amide bonds. The van der Waals surface area contributed by atoms with Crippen LogP contribution < -0.4 is 5.32 Å². The quantitative estimate of drug-likeness (QED) is 0.918. The zero-order chi connectivity index (χ0) is 13.1. The fraction of sp³-hybridized carbons (Fsp3) is 0.357. The van der Waals surface area contributed by atoms with Crippen LogP contribution in [0.3, 0.4) is 0 Å². The highest BCUT2D eigenvalue weighted by atomic mass is 35.5. The van der Waals surface area contributed by atoms with E-state index < -0.39 is 0 Å². The van der Waals surface area contributed by atoms with Crippen LogP contribution in [0.4, 0.5) is 0 Å². The number of nitrogens with zero attached hydrogens (tertiary/aromatic N) is 1. The molecule has 0 fully saturated rings. The average Bonchev–Trinajstić information content (AvgIpc) is 2.67. The van der Waals surface area contributed by atoms with Gasteiger partial charge >= 0.3 is 0 Å². The molecule has 1 unspecified atom stereocenters. The Labute approximate surface area is 117 Å². The van der Waals surface area contributed by atoms with Crippen LogP contribution >= 0.6 is 22.9 Å². The summed E-state index contributed by atoms with van der Waals surface area (Å²) in [6, 6.07) is 8.28. The Morgan fingerprint density at radius 3 is 2.44 bits per heavy atom. The average molecular weight is 281 g/mol. The summed E-state index contributed by atoms with van der Waals surface area (Å²) in [6.45, 7) is 4.18. The van der Waals surface area contributed by atoms with Crippen molar-refractivity contribution in [3.05, 3.63) is 50.4 Å². The molecule has 1 aromatic carbocycles. The summed E-state index contributed by atoms with van der Waals surface area (Å²) in [6.07, 6.45) is 0.914. The number of hydrogen-bond donors (Lipinski definition) is 1. The van der Waals surface area contributed by atoms with Gasteiger partial charge in [-0.1, -0.05) is 23.7 Å². The SMILES string of the molecule is CNC(Cc1nc(C)c(C)s1)c1ccc(Cl)cc1. The normalized spacial score (nSPS) is 12.7. The molecule has 1 heterocycles. The van der Waals surface area contributed by atoms with Crippen LogP contribution in [0, 0.1) is 13.8 Å². The molecule has 2 rings (SSSR count). The summed E-state index contributed by atoms with van der Waals surface area (Å²) in [5, 5.41) is 5.29. The number of aryl methyl sites for hydroxylation is 2. The van der Waals surface area contributed by atoms with Crippen LogP contribution in [0.2, 0.25) is 5.02 Å². The molecule has 1 aromatic heterocycles. The van der Waals surface area contributed by atoms with E-state index in [1.54, 1.807) is 11.3 Å². The van der Waals surface area contributed by atoms with Crippen molar-refractivity contribution < 1.29 is 0 Å². The third kappa shape index (κ3) is 3.10. The monoisotopic (exact) mass is 280 g/mol. The number of nitrogens with one attached hydrogen (secondary N) is 1. The van der Waals surface area contributed by atoms with Crippen LogP contribution in [0.25, 0.3) is 0 Å². The molecule has 1 N–H and O–H groups in total. The highest BCUT2D eigenvalue weighted by molar-refractivity contribution is 7.11. The van der Waals surface area contributed by atoms with E-state index >= 15 is 0 Å². The minimum atomic E-state index is 0.284. The Hall–Kier alpha value is -0.900. The maximum absolute atomic E-state index is 5.91. The summed E-state index contributed by atoms with van der Waals surface area (Å²) in [4.78, 5) is 5.90. The molecule has 2 aromatic rings. The van der Waals surface area contributed by atoms with Crippen molar-refractivity contribution >= 4 is 22.9 Å². The molecular weight excluding hydrogens is 264 g/mol. The largest absolute Gasteiger partial charge is 0.313 e. The summed E-state index contributed by atoms with van der Waals surface area (Å²) < 4.78 is 0. The number of rotatable bonds is 4. The van der Waals surface area contributed by atoms with Gasteiger partial charge < -0.3 is 5.32 Å². The molecule has 0 spiro atoms. The van der Waals surface area contributed by atoms with Gasteiger partial charge in [-0.25, -0.2) is 4.98 Å². The highest BCUT2D eigenvalue weighted by Gasteiger charge is 2.13. The van der Waals surface area contributed by atoms with Gasteiger partial charge in [0.1, 0.15) is 0 Å². The summed E-state index contributed by atoms with van der Waals surface area (Å²) >= 11 is 7.69. The number of benzene rings is 1. The molecule has 18 heavy (non-hydrogen) atoms. The molecule has 0 aliphatic heterocycles. The molecule has 1 atom stereocenters.